The maximum absolute atomic E-state index is 13.0. The Hall–Kier alpha value is -1.09. The van der Waals surface area contributed by atoms with Crippen LogP contribution in [0.4, 0.5) is 4.39 Å². The van der Waals surface area contributed by atoms with Gasteiger partial charge in [-0.3, -0.25) is 4.90 Å². The van der Waals surface area contributed by atoms with E-state index >= 15 is 0 Å². The van der Waals surface area contributed by atoms with Gasteiger partial charge in [0.05, 0.1) is 0 Å². The standard InChI is InChI=1S/C12H18FNO/c1-3-5-14(4-2)9-10-6-11(13)8-12(15)7-10/h6-8,15H,3-5,9H2,1-2H3. The van der Waals surface area contributed by atoms with Crippen LogP contribution in [0.3, 0.4) is 0 Å². The molecule has 0 aliphatic heterocycles. The molecule has 3 heteroatoms. The molecule has 1 N–H and O–H groups in total. The number of phenolic OH excluding ortho intramolecular Hbond substituents is 1. The van der Waals surface area contributed by atoms with Crippen molar-refractivity contribution in [2.75, 3.05) is 13.1 Å². The van der Waals surface area contributed by atoms with Crippen molar-refractivity contribution < 1.29 is 9.50 Å². The van der Waals surface area contributed by atoms with Gasteiger partial charge >= 0.3 is 0 Å². The van der Waals surface area contributed by atoms with Crippen molar-refractivity contribution in [1.29, 1.82) is 0 Å². The number of hydrogen-bond donors (Lipinski definition) is 1. The van der Waals surface area contributed by atoms with Gasteiger partial charge in [-0.2, -0.15) is 0 Å². The number of phenols is 1. The number of hydrogen-bond acceptors (Lipinski definition) is 2. The summed E-state index contributed by atoms with van der Waals surface area (Å²) in [5, 5.41) is 9.25. The van der Waals surface area contributed by atoms with Crippen LogP contribution in [0.2, 0.25) is 0 Å². The minimum Gasteiger partial charge on any atom is -0.508 e. The van der Waals surface area contributed by atoms with Crippen LogP contribution in [0.15, 0.2) is 18.2 Å². The zero-order valence-corrected chi connectivity index (χ0v) is 9.33. The second-order valence-corrected chi connectivity index (χ2v) is 3.69. The lowest BCUT2D eigenvalue weighted by molar-refractivity contribution is 0.280. The molecule has 0 radical (unpaired) electrons. The number of aromatic hydroxyl groups is 1. The van der Waals surface area contributed by atoms with Gasteiger partial charge in [0.1, 0.15) is 11.6 Å². The summed E-state index contributed by atoms with van der Waals surface area (Å²) in [5.41, 5.74) is 0.822. The van der Waals surface area contributed by atoms with E-state index in [0.717, 1.165) is 31.1 Å². The predicted octanol–water partition coefficient (Wildman–Crippen LogP) is 2.76. The van der Waals surface area contributed by atoms with Crippen LogP contribution in [0.5, 0.6) is 5.75 Å². The highest BCUT2D eigenvalue weighted by atomic mass is 19.1. The molecule has 0 aliphatic carbocycles. The van der Waals surface area contributed by atoms with Crippen molar-refractivity contribution in [2.45, 2.75) is 26.8 Å². The Kier molecular flexibility index (Phi) is 4.56. The zero-order chi connectivity index (χ0) is 11.3. The van der Waals surface area contributed by atoms with Crippen molar-refractivity contribution >= 4 is 0 Å². The molecule has 1 aromatic carbocycles. The fourth-order valence-electron chi connectivity index (χ4n) is 1.65. The molecule has 0 amide bonds. The summed E-state index contributed by atoms with van der Waals surface area (Å²) in [4.78, 5) is 2.22. The second kappa shape index (κ2) is 5.71. The summed E-state index contributed by atoms with van der Waals surface area (Å²) in [6, 6.07) is 4.21. The third-order valence-electron chi connectivity index (χ3n) is 2.34. The van der Waals surface area contributed by atoms with Crippen molar-refractivity contribution in [2.24, 2.45) is 0 Å². The van der Waals surface area contributed by atoms with E-state index in [0.29, 0.717) is 6.54 Å². The summed E-state index contributed by atoms with van der Waals surface area (Å²) >= 11 is 0. The lowest BCUT2D eigenvalue weighted by Gasteiger charge is -2.19. The van der Waals surface area contributed by atoms with Crippen LogP contribution in [0.1, 0.15) is 25.8 Å². The summed E-state index contributed by atoms with van der Waals surface area (Å²) in [5.74, 6) is -0.380. The molecule has 0 aliphatic rings. The summed E-state index contributed by atoms with van der Waals surface area (Å²) < 4.78 is 13.0. The van der Waals surface area contributed by atoms with Crippen molar-refractivity contribution in [1.82, 2.24) is 4.90 Å². The first-order valence-electron chi connectivity index (χ1n) is 5.36. The maximum atomic E-state index is 13.0. The number of rotatable bonds is 5. The van der Waals surface area contributed by atoms with Crippen LogP contribution < -0.4 is 0 Å². The number of nitrogens with zero attached hydrogens (tertiary/aromatic N) is 1. The van der Waals surface area contributed by atoms with Crippen LogP contribution >= 0.6 is 0 Å². The van der Waals surface area contributed by atoms with E-state index in [1.807, 2.05) is 0 Å². The molecule has 15 heavy (non-hydrogen) atoms. The summed E-state index contributed by atoms with van der Waals surface area (Å²) in [6.45, 7) is 6.81. The minimum atomic E-state index is -0.377. The van der Waals surface area contributed by atoms with Gasteiger partial charge in [0, 0.05) is 12.6 Å². The first-order chi connectivity index (χ1) is 7.15. The van der Waals surface area contributed by atoms with Gasteiger partial charge in [-0.25, -0.2) is 4.39 Å². The Bertz CT molecular complexity index is 294. The van der Waals surface area contributed by atoms with Crippen LogP contribution in [-0.2, 0) is 6.54 Å². The SMILES string of the molecule is CCCN(CC)Cc1cc(O)cc(F)c1. The Morgan fingerprint density at radius 2 is 2.00 bits per heavy atom. The Labute approximate surface area is 90.3 Å². The van der Waals surface area contributed by atoms with Gasteiger partial charge in [-0.05, 0) is 37.2 Å². The normalized spacial score (nSPS) is 10.9. The average Bonchev–Trinajstić information content (AvgIpc) is 2.15. The third-order valence-corrected chi connectivity index (χ3v) is 2.34. The molecular weight excluding hydrogens is 193 g/mol. The van der Waals surface area contributed by atoms with Gasteiger partial charge in [-0.1, -0.05) is 13.8 Å². The molecule has 0 saturated heterocycles. The molecule has 0 unspecified atom stereocenters. The third kappa shape index (κ3) is 3.88. The molecule has 2 nitrogen and oxygen atoms in total. The van der Waals surface area contributed by atoms with E-state index in [4.69, 9.17) is 0 Å². The zero-order valence-electron chi connectivity index (χ0n) is 9.33. The van der Waals surface area contributed by atoms with Gasteiger partial charge < -0.3 is 5.11 Å². The van der Waals surface area contributed by atoms with Crippen molar-refractivity contribution in [3.8, 4) is 5.75 Å². The molecule has 0 aromatic heterocycles. The molecule has 1 aromatic rings. The Morgan fingerprint density at radius 1 is 1.27 bits per heavy atom. The highest BCUT2D eigenvalue weighted by Gasteiger charge is 2.05. The van der Waals surface area contributed by atoms with E-state index in [1.165, 1.54) is 6.07 Å². The Balaban J connectivity index is 2.69. The van der Waals surface area contributed by atoms with Gasteiger partial charge in [0.2, 0.25) is 0 Å². The first-order valence-corrected chi connectivity index (χ1v) is 5.36. The molecule has 0 saturated carbocycles. The molecule has 0 bridgehead atoms. The topological polar surface area (TPSA) is 23.5 Å². The van der Waals surface area contributed by atoms with Crippen LogP contribution in [0, 0.1) is 5.82 Å². The number of halogens is 1. The highest BCUT2D eigenvalue weighted by molar-refractivity contribution is 5.28. The molecule has 84 valence electrons. The van der Waals surface area contributed by atoms with E-state index in [1.54, 1.807) is 6.07 Å². The Morgan fingerprint density at radius 3 is 2.53 bits per heavy atom. The van der Waals surface area contributed by atoms with Crippen molar-refractivity contribution in [3.05, 3.63) is 29.6 Å². The fraction of sp³-hybridized carbons (Fsp3) is 0.500. The second-order valence-electron chi connectivity index (χ2n) is 3.69. The molecule has 0 atom stereocenters. The molecule has 0 fully saturated rings. The van der Waals surface area contributed by atoms with E-state index in [2.05, 4.69) is 18.7 Å². The average molecular weight is 211 g/mol. The first kappa shape index (κ1) is 12.0. The number of benzene rings is 1. The summed E-state index contributed by atoms with van der Waals surface area (Å²) in [7, 11) is 0. The molecule has 0 spiro atoms. The van der Waals surface area contributed by atoms with Gasteiger partial charge in [-0.15, -0.1) is 0 Å². The highest BCUT2D eigenvalue weighted by Crippen LogP contribution is 2.16. The van der Waals surface area contributed by atoms with E-state index in [9.17, 15) is 9.50 Å². The minimum absolute atomic E-state index is 0.00227. The molecular formula is C12H18FNO. The lowest BCUT2D eigenvalue weighted by Crippen LogP contribution is -2.23. The van der Waals surface area contributed by atoms with Gasteiger partial charge in [0.15, 0.2) is 0 Å². The quantitative estimate of drug-likeness (QED) is 0.809. The monoisotopic (exact) mass is 211 g/mol. The largest absolute Gasteiger partial charge is 0.508 e. The van der Waals surface area contributed by atoms with Crippen LogP contribution in [0.25, 0.3) is 0 Å². The van der Waals surface area contributed by atoms with E-state index in [-0.39, 0.29) is 11.6 Å². The van der Waals surface area contributed by atoms with Crippen LogP contribution in [-0.4, -0.2) is 23.1 Å². The van der Waals surface area contributed by atoms with Crippen molar-refractivity contribution in [3.63, 3.8) is 0 Å². The lowest BCUT2D eigenvalue weighted by atomic mass is 10.2. The smallest absolute Gasteiger partial charge is 0.127 e. The summed E-state index contributed by atoms with van der Waals surface area (Å²) in [6.07, 6.45) is 1.08. The predicted molar refractivity (Wildman–Crippen MR) is 59.3 cm³/mol. The fourth-order valence-corrected chi connectivity index (χ4v) is 1.65. The molecule has 0 heterocycles. The van der Waals surface area contributed by atoms with E-state index < -0.39 is 0 Å². The molecule has 1 rings (SSSR count). The maximum Gasteiger partial charge on any atom is 0.127 e. The van der Waals surface area contributed by atoms with Gasteiger partial charge in [0.25, 0.3) is 0 Å².